The van der Waals surface area contributed by atoms with Gasteiger partial charge in [-0.15, -0.1) is 0 Å². The summed E-state index contributed by atoms with van der Waals surface area (Å²) in [6.45, 7) is 0. The lowest BCUT2D eigenvalue weighted by atomic mass is 9.80. The quantitative estimate of drug-likeness (QED) is 0.653. The Balaban J connectivity index is 1.79. The minimum Gasteiger partial charge on any atom is -0.329 e. The van der Waals surface area contributed by atoms with Gasteiger partial charge in [-0.3, -0.25) is 4.79 Å². The summed E-state index contributed by atoms with van der Waals surface area (Å²) < 4.78 is 0. The third-order valence-corrected chi connectivity index (χ3v) is 2.60. The summed E-state index contributed by atoms with van der Waals surface area (Å²) in [7, 11) is 0. The average Bonchev–Trinajstić information content (AvgIpc) is 2.51. The number of rotatable bonds is 2. The molecule has 2 rings (SSSR count). The first kappa shape index (κ1) is 8.51. The predicted molar refractivity (Wildman–Crippen MR) is 50.7 cm³/mol. The molecule has 0 saturated heterocycles. The number of hydrogen-bond donors (Lipinski definition) is 2. The first-order valence-electron chi connectivity index (χ1n) is 4.68. The van der Waals surface area contributed by atoms with Crippen molar-refractivity contribution in [2.75, 3.05) is 0 Å². The van der Waals surface area contributed by atoms with Gasteiger partial charge in [-0.05, 0) is 18.9 Å². The Bertz CT molecular complexity index is 275. The molecule has 0 atom stereocenters. The van der Waals surface area contributed by atoms with E-state index in [0.29, 0.717) is 0 Å². The summed E-state index contributed by atoms with van der Waals surface area (Å²) in [5, 5.41) is 2.91. The first-order chi connectivity index (χ1) is 6.25. The van der Waals surface area contributed by atoms with Crippen molar-refractivity contribution in [3.05, 3.63) is 23.9 Å². The van der Waals surface area contributed by atoms with Crippen LogP contribution < -0.4 is 11.1 Å². The second-order valence-electron chi connectivity index (χ2n) is 3.74. The van der Waals surface area contributed by atoms with E-state index in [9.17, 15) is 4.79 Å². The molecule has 0 aromatic carbocycles. The van der Waals surface area contributed by atoms with E-state index in [2.05, 4.69) is 5.32 Å². The molecule has 3 nitrogen and oxygen atoms in total. The van der Waals surface area contributed by atoms with Crippen molar-refractivity contribution in [2.45, 2.75) is 25.3 Å². The van der Waals surface area contributed by atoms with E-state index in [-0.39, 0.29) is 17.9 Å². The van der Waals surface area contributed by atoms with Gasteiger partial charge in [-0.2, -0.15) is 0 Å². The number of nitrogens with two attached hydrogens (primary N) is 1. The van der Waals surface area contributed by atoms with Crippen LogP contribution in [0.25, 0.3) is 0 Å². The zero-order chi connectivity index (χ0) is 9.26. The molecule has 0 spiro atoms. The number of carbonyl (C=O) groups excluding carboxylic acids is 1. The molecule has 1 fully saturated rings. The van der Waals surface area contributed by atoms with E-state index in [4.69, 9.17) is 5.73 Å². The summed E-state index contributed by atoms with van der Waals surface area (Å²) in [5.41, 5.74) is 6.61. The molecule has 1 amide bonds. The van der Waals surface area contributed by atoms with Gasteiger partial charge in [0.1, 0.15) is 0 Å². The Labute approximate surface area is 77.7 Å². The summed E-state index contributed by atoms with van der Waals surface area (Å²) in [5.74, 6) is 0.285. The highest BCUT2D eigenvalue weighted by Crippen LogP contribution is 2.26. The lowest BCUT2D eigenvalue weighted by molar-refractivity contribution is -0.127. The van der Waals surface area contributed by atoms with Crippen molar-refractivity contribution < 1.29 is 4.79 Å². The second kappa shape index (κ2) is 3.34. The van der Waals surface area contributed by atoms with Gasteiger partial charge < -0.3 is 11.1 Å². The zero-order valence-corrected chi connectivity index (χ0v) is 7.49. The van der Waals surface area contributed by atoms with Crippen LogP contribution in [0.4, 0.5) is 0 Å². The van der Waals surface area contributed by atoms with Crippen LogP contribution in [-0.4, -0.2) is 11.9 Å². The molecule has 0 aromatic heterocycles. The average molecular weight is 178 g/mol. The molecular formula is C10H14N2O. The fraction of sp³-hybridized carbons (Fsp3) is 0.500. The number of hydrogen-bond acceptors (Lipinski definition) is 2. The van der Waals surface area contributed by atoms with Crippen molar-refractivity contribution >= 4 is 5.91 Å². The molecule has 0 bridgehead atoms. The Kier molecular flexibility index (Phi) is 2.19. The van der Waals surface area contributed by atoms with Crippen molar-refractivity contribution in [3.8, 4) is 0 Å². The van der Waals surface area contributed by atoms with E-state index in [0.717, 1.165) is 25.0 Å². The Hall–Kier alpha value is -1.09. The van der Waals surface area contributed by atoms with Gasteiger partial charge in [0.15, 0.2) is 0 Å². The van der Waals surface area contributed by atoms with Crippen LogP contribution in [0.15, 0.2) is 23.9 Å². The number of amides is 1. The van der Waals surface area contributed by atoms with Crippen LogP contribution in [0, 0.1) is 5.92 Å². The summed E-state index contributed by atoms with van der Waals surface area (Å²) in [6.07, 6.45) is 8.46. The molecule has 0 unspecified atom stereocenters. The summed E-state index contributed by atoms with van der Waals surface area (Å²) >= 11 is 0. The van der Waals surface area contributed by atoms with Crippen LogP contribution in [0.3, 0.4) is 0 Å². The van der Waals surface area contributed by atoms with Crippen LogP contribution in [0.1, 0.15) is 19.3 Å². The molecule has 70 valence electrons. The lowest BCUT2D eigenvalue weighted by Crippen LogP contribution is -2.44. The molecule has 0 aromatic rings. The molecule has 2 aliphatic carbocycles. The minimum absolute atomic E-state index is 0.136. The van der Waals surface area contributed by atoms with Crippen molar-refractivity contribution in [1.29, 1.82) is 0 Å². The maximum atomic E-state index is 11.5. The van der Waals surface area contributed by atoms with E-state index in [1.54, 1.807) is 0 Å². The number of allylic oxidation sites excluding steroid dienone is 3. The fourth-order valence-electron chi connectivity index (χ4n) is 1.68. The summed E-state index contributed by atoms with van der Waals surface area (Å²) in [4.78, 5) is 11.5. The number of carbonyl (C=O) groups is 1. The molecular weight excluding hydrogens is 164 g/mol. The highest BCUT2D eigenvalue weighted by molar-refractivity contribution is 5.81. The van der Waals surface area contributed by atoms with Gasteiger partial charge in [0.05, 0.1) is 0 Å². The van der Waals surface area contributed by atoms with Gasteiger partial charge in [0.2, 0.25) is 5.91 Å². The molecule has 1 saturated carbocycles. The topological polar surface area (TPSA) is 55.1 Å². The SMILES string of the molecule is NC1CC(C(=O)NC2=CC=CC2)C1. The van der Waals surface area contributed by atoms with E-state index >= 15 is 0 Å². The van der Waals surface area contributed by atoms with Gasteiger partial charge in [-0.1, -0.05) is 12.2 Å². The predicted octanol–water partition coefficient (Wildman–Crippen LogP) is 0.684. The fourth-order valence-corrected chi connectivity index (χ4v) is 1.68. The zero-order valence-electron chi connectivity index (χ0n) is 7.49. The molecule has 3 N–H and O–H groups in total. The Morgan fingerprint density at radius 3 is 2.85 bits per heavy atom. The smallest absolute Gasteiger partial charge is 0.227 e. The monoisotopic (exact) mass is 178 g/mol. The third kappa shape index (κ3) is 1.80. The maximum Gasteiger partial charge on any atom is 0.227 e. The second-order valence-corrected chi connectivity index (χ2v) is 3.74. The standard InChI is InChI=1S/C10H14N2O/c11-8-5-7(6-8)10(13)12-9-3-1-2-4-9/h1-3,7-8H,4-6,11H2,(H,12,13). The highest BCUT2D eigenvalue weighted by Gasteiger charge is 2.32. The van der Waals surface area contributed by atoms with Crippen molar-refractivity contribution in [2.24, 2.45) is 11.7 Å². The molecule has 0 heterocycles. The molecule has 13 heavy (non-hydrogen) atoms. The Morgan fingerprint density at radius 2 is 2.31 bits per heavy atom. The summed E-state index contributed by atoms with van der Waals surface area (Å²) in [6, 6.07) is 0.242. The normalized spacial score (nSPS) is 31.0. The molecule has 0 radical (unpaired) electrons. The van der Waals surface area contributed by atoms with Gasteiger partial charge in [-0.25, -0.2) is 0 Å². The Morgan fingerprint density at radius 1 is 1.54 bits per heavy atom. The van der Waals surface area contributed by atoms with Gasteiger partial charge in [0, 0.05) is 24.1 Å². The number of nitrogens with one attached hydrogen (secondary N) is 1. The van der Waals surface area contributed by atoms with Crippen molar-refractivity contribution in [1.82, 2.24) is 5.32 Å². The largest absolute Gasteiger partial charge is 0.329 e. The molecule has 0 aliphatic heterocycles. The first-order valence-corrected chi connectivity index (χ1v) is 4.68. The molecule has 3 heteroatoms. The van der Waals surface area contributed by atoms with Crippen LogP contribution >= 0.6 is 0 Å². The van der Waals surface area contributed by atoms with E-state index in [1.807, 2.05) is 18.2 Å². The maximum absolute atomic E-state index is 11.5. The third-order valence-electron chi connectivity index (χ3n) is 2.60. The lowest BCUT2D eigenvalue weighted by Gasteiger charge is -2.31. The molecule has 2 aliphatic rings. The van der Waals surface area contributed by atoms with Gasteiger partial charge in [0.25, 0.3) is 0 Å². The van der Waals surface area contributed by atoms with Gasteiger partial charge >= 0.3 is 0 Å². The highest BCUT2D eigenvalue weighted by atomic mass is 16.1. The van der Waals surface area contributed by atoms with Crippen LogP contribution in [0.5, 0.6) is 0 Å². The van der Waals surface area contributed by atoms with Crippen molar-refractivity contribution in [3.63, 3.8) is 0 Å². The minimum atomic E-state index is 0.136. The van der Waals surface area contributed by atoms with E-state index < -0.39 is 0 Å². The van der Waals surface area contributed by atoms with E-state index in [1.165, 1.54) is 0 Å². The van der Waals surface area contributed by atoms with Crippen LogP contribution in [-0.2, 0) is 4.79 Å². The van der Waals surface area contributed by atoms with Crippen LogP contribution in [0.2, 0.25) is 0 Å².